The molecule has 0 atom stereocenters. The molecule has 0 spiro atoms. The molecule has 0 radical (unpaired) electrons. The Morgan fingerprint density at radius 2 is 0.960 bits per heavy atom. The molecule has 0 bridgehead atoms. The molecule has 0 aliphatic carbocycles. The van der Waals surface area contributed by atoms with Crippen molar-refractivity contribution in [2.24, 2.45) is 0 Å². The van der Waals surface area contributed by atoms with Crippen molar-refractivity contribution in [3.8, 4) is 0 Å². The summed E-state index contributed by atoms with van der Waals surface area (Å²) in [6.07, 6.45) is 18.8. The molecule has 0 aliphatic rings. The second kappa shape index (κ2) is 18.9. The third kappa shape index (κ3) is 17.3. The van der Waals surface area contributed by atoms with Crippen molar-refractivity contribution in [1.82, 2.24) is 5.09 Å². The van der Waals surface area contributed by atoms with Gasteiger partial charge in [-0.2, -0.15) is 0 Å². The number of unbranched alkanes of at least 4 members (excludes halogenated alkanes) is 13. The van der Waals surface area contributed by atoms with Gasteiger partial charge in [-0.3, -0.25) is 9.05 Å². The van der Waals surface area contributed by atoms with Gasteiger partial charge in [0.15, 0.2) is 0 Å². The van der Waals surface area contributed by atoms with Crippen molar-refractivity contribution >= 4 is 7.75 Å². The molecule has 0 heterocycles. The second-order valence-electron chi connectivity index (χ2n) is 6.84. The maximum Gasteiger partial charge on any atom is 0.405 e. The van der Waals surface area contributed by atoms with Crippen molar-refractivity contribution in [2.45, 2.75) is 111 Å². The Bertz CT molecular complexity index is 303. The molecule has 0 rings (SSSR count). The fraction of sp³-hybridized carbons (Fsp3) is 1.00. The average Bonchev–Trinajstić information content (AvgIpc) is 2.59. The first-order chi connectivity index (χ1) is 12.2. The first-order valence-electron chi connectivity index (χ1n) is 10.8. The Hall–Kier alpha value is 0.110. The normalized spacial score (nSPS) is 12.0. The van der Waals surface area contributed by atoms with Crippen LogP contribution in [0.15, 0.2) is 0 Å². The van der Waals surface area contributed by atoms with E-state index in [-0.39, 0.29) is 0 Å². The lowest BCUT2D eigenvalue weighted by atomic mass is 10.0. The van der Waals surface area contributed by atoms with Crippen LogP contribution in [0.5, 0.6) is 0 Å². The summed E-state index contributed by atoms with van der Waals surface area (Å²) in [5.74, 6) is 0. The van der Waals surface area contributed by atoms with E-state index in [2.05, 4.69) is 12.0 Å². The average molecular weight is 378 g/mol. The molecule has 1 N–H and O–H groups in total. The zero-order valence-electron chi connectivity index (χ0n) is 17.2. The van der Waals surface area contributed by atoms with E-state index in [0.717, 1.165) is 6.42 Å². The Labute approximate surface area is 157 Å². The first kappa shape index (κ1) is 25.1. The zero-order chi connectivity index (χ0) is 18.6. The van der Waals surface area contributed by atoms with Crippen LogP contribution in [0.25, 0.3) is 0 Å². The van der Waals surface area contributed by atoms with Gasteiger partial charge in [0.2, 0.25) is 0 Å². The van der Waals surface area contributed by atoms with Gasteiger partial charge in [0.05, 0.1) is 13.2 Å². The summed E-state index contributed by atoms with van der Waals surface area (Å²) in [6.45, 7) is 7.46. The van der Waals surface area contributed by atoms with Gasteiger partial charge in [-0.15, -0.1) is 0 Å². The van der Waals surface area contributed by atoms with Gasteiger partial charge >= 0.3 is 7.75 Å². The third-order valence-electron chi connectivity index (χ3n) is 4.43. The van der Waals surface area contributed by atoms with Gasteiger partial charge in [-0.25, -0.2) is 9.65 Å². The molecule has 0 unspecified atom stereocenters. The van der Waals surface area contributed by atoms with Crippen LogP contribution in [0, 0.1) is 0 Å². The topological polar surface area (TPSA) is 47.6 Å². The van der Waals surface area contributed by atoms with Gasteiger partial charge in [-0.1, -0.05) is 90.4 Å². The van der Waals surface area contributed by atoms with Crippen molar-refractivity contribution in [3.63, 3.8) is 0 Å². The maximum atomic E-state index is 12.2. The highest BCUT2D eigenvalue weighted by molar-refractivity contribution is 7.51. The summed E-state index contributed by atoms with van der Waals surface area (Å²) in [5.41, 5.74) is 0. The van der Waals surface area contributed by atoms with Gasteiger partial charge in [0.25, 0.3) is 0 Å². The molecule has 0 aromatic rings. The van der Waals surface area contributed by atoms with Crippen LogP contribution in [-0.2, 0) is 13.6 Å². The van der Waals surface area contributed by atoms with Crippen molar-refractivity contribution in [1.29, 1.82) is 0 Å². The fourth-order valence-corrected chi connectivity index (χ4v) is 4.37. The molecule has 5 heteroatoms. The van der Waals surface area contributed by atoms with Crippen LogP contribution >= 0.6 is 7.75 Å². The molecule has 0 saturated carbocycles. The fourth-order valence-electron chi connectivity index (χ4n) is 3.00. The Morgan fingerprint density at radius 3 is 1.32 bits per heavy atom. The Kier molecular flexibility index (Phi) is 19.0. The van der Waals surface area contributed by atoms with Crippen LogP contribution in [-0.4, -0.2) is 19.8 Å². The second-order valence-corrected chi connectivity index (χ2v) is 8.66. The molecule has 0 amide bonds. The number of nitrogens with one attached hydrogen (secondary N) is 1. The van der Waals surface area contributed by atoms with Crippen LogP contribution in [0.2, 0.25) is 0 Å². The molecular weight excluding hydrogens is 333 g/mol. The molecule has 0 aromatic heterocycles. The molecule has 0 aromatic carbocycles. The number of hydrogen-bond donors (Lipinski definition) is 1. The van der Waals surface area contributed by atoms with Gasteiger partial charge in [0.1, 0.15) is 0 Å². The van der Waals surface area contributed by atoms with Gasteiger partial charge < -0.3 is 0 Å². The lowest BCUT2D eigenvalue weighted by molar-refractivity contribution is 0.210. The molecule has 0 fully saturated rings. The minimum atomic E-state index is -3.06. The Balaban J connectivity index is 3.29. The largest absolute Gasteiger partial charge is 0.405 e. The predicted molar refractivity (Wildman–Crippen MR) is 109 cm³/mol. The maximum absolute atomic E-state index is 12.2. The molecule has 25 heavy (non-hydrogen) atoms. The third-order valence-corrected chi connectivity index (χ3v) is 6.24. The summed E-state index contributed by atoms with van der Waals surface area (Å²) < 4.78 is 22.6. The molecule has 4 nitrogen and oxygen atoms in total. The lowest BCUT2D eigenvalue weighted by Gasteiger charge is -2.17. The van der Waals surface area contributed by atoms with Crippen LogP contribution in [0.3, 0.4) is 0 Å². The summed E-state index contributed by atoms with van der Waals surface area (Å²) in [7, 11) is -3.06. The van der Waals surface area contributed by atoms with E-state index in [1.54, 1.807) is 0 Å². The quantitative estimate of drug-likeness (QED) is 0.179. The van der Waals surface area contributed by atoms with E-state index in [9.17, 15) is 4.57 Å². The van der Waals surface area contributed by atoms with E-state index in [4.69, 9.17) is 9.05 Å². The summed E-state index contributed by atoms with van der Waals surface area (Å²) in [6, 6.07) is 0. The van der Waals surface area contributed by atoms with Crippen LogP contribution in [0.4, 0.5) is 0 Å². The minimum Gasteiger partial charge on any atom is -0.297 e. The van der Waals surface area contributed by atoms with Crippen molar-refractivity contribution in [3.05, 3.63) is 0 Å². The number of hydrogen-bond acceptors (Lipinski definition) is 3. The van der Waals surface area contributed by atoms with Crippen molar-refractivity contribution < 1.29 is 13.6 Å². The highest BCUT2D eigenvalue weighted by Gasteiger charge is 2.21. The van der Waals surface area contributed by atoms with Gasteiger partial charge in [-0.05, 0) is 20.3 Å². The molecule has 152 valence electrons. The van der Waals surface area contributed by atoms with E-state index in [1.807, 2.05) is 13.8 Å². The van der Waals surface area contributed by atoms with Gasteiger partial charge in [0, 0.05) is 6.54 Å². The minimum absolute atomic E-state index is 0.406. The monoisotopic (exact) mass is 377 g/mol. The highest BCUT2D eigenvalue weighted by atomic mass is 31.2. The standard InChI is InChI=1S/C20H44NO3P/c1-4-7-8-9-10-11-12-13-14-15-16-17-18-19-20-21-25(22,23-5-2)24-6-3/h4-20H2,1-3H3,(H,21,22). The molecule has 0 saturated heterocycles. The van der Waals surface area contributed by atoms with E-state index in [0.29, 0.717) is 19.8 Å². The predicted octanol–water partition coefficient (Wildman–Crippen LogP) is 7.24. The summed E-state index contributed by atoms with van der Waals surface area (Å²) in [4.78, 5) is 0. The lowest BCUT2D eigenvalue weighted by Crippen LogP contribution is -2.16. The summed E-state index contributed by atoms with van der Waals surface area (Å²) in [5, 5.41) is 2.95. The molecule has 0 aliphatic heterocycles. The first-order valence-corrected chi connectivity index (χ1v) is 12.4. The highest BCUT2D eigenvalue weighted by Crippen LogP contribution is 2.43. The van der Waals surface area contributed by atoms with E-state index < -0.39 is 7.75 Å². The Morgan fingerprint density at radius 1 is 0.600 bits per heavy atom. The van der Waals surface area contributed by atoms with E-state index >= 15 is 0 Å². The molecular formula is C20H44NO3P. The van der Waals surface area contributed by atoms with Crippen LogP contribution in [0.1, 0.15) is 111 Å². The zero-order valence-corrected chi connectivity index (χ0v) is 18.1. The van der Waals surface area contributed by atoms with Crippen LogP contribution < -0.4 is 5.09 Å². The SMILES string of the molecule is CCCCCCCCCCCCCCCCNP(=O)(OCC)OCC. The smallest absolute Gasteiger partial charge is 0.297 e. The summed E-state index contributed by atoms with van der Waals surface area (Å²) >= 11 is 0. The van der Waals surface area contributed by atoms with E-state index in [1.165, 1.54) is 83.5 Å². The van der Waals surface area contributed by atoms with Crippen molar-refractivity contribution in [2.75, 3.05) is 19.8 Å². The number of rotatable bonds is 20.